The average molecular weight is 513 g/mol. The Morgan fingerprint density at radius 2 is 1.65 bits per heavy atom. The summed E-state index contributed by atoms with van der Waals surface area (Å²) in [5, 5.41) is 11.3. The summed E-state index contributed by atoms with van der Waals surface area (Å²) < 4.78 is 59.6. The number of hydrogen-bond donors (Lipinski definition) is 1. The van der Waals surface area contributed by atoms with Gasteiger partial charge in [-0.3, -0.25) is 14.5 Å². The van der Waals surface area contributed by atoms with Crippen molar-refractivity contribution in [3.05, 3.63) is 100 Å². The normalized spacial score (nSPS) is 17.5. The van der Waals surface area contributed by atoms with Crippen molar-refractivity contribution in [1.29, 1.82) is 0 Å². The number of aliphatic hydroxyl groups excluding tert-OH is 1. The molecule has 4 rings (SSSR count). The molecule has 5 nitrogen and oxygen atoms in total. The minimum absolute atomic E-state index is 0.0142. The van der Waals surface area contributed by atoms with Crippen LogP contribution in [-0.4, -0.2) is 23.9 Å². The second-order valence-electron chi connectivity index (χ2n) is 8.85. The first-order valence-corrected chi connectivity index (χ1v) is 11.4. The van der Waals surface area contributed by atoms with Gasteiger partial charge in [-0.25, -0.2) is 4.39 Å². The van der Waals surface area contributed by atoms with Crippen LogP contribution in [0.25, 0.3) is 5.76 Å². The monoisotopic (exact) mass is 513 g/mol. The van der Waals surface area contributed by atoms with E-state index in [1.807, 2.05) is 13.8 Å². The molecule has 1 unspecified atom stereocenters. The molecule has 0 aliphatic carbocycles. The Hall–Kier alpha value is -4.14. The van der Waals surface area contributed by atoms with Gasteiger partial charge in [0, 0.05) is 16.8 Å². The van der Waals surface area contributed by atoms with Gasteiger partial charge in [-0.15, -0.1) is 0 Å². The number of ketones is 1. The number of aliphatic hydroxyl groups is 1. The van der Waals surface area contributed by atoms with Crippen LogP contribution >= 0.6 is 0 Å². The van der Waals surface area contributed by atoms with E-state index in [4.69, 9.17) is 4.74 Å². The summed E-state index contributed by atoms with van der Waals surface area (Å²) in [5.74, 6) is -2.94. The van der Waals surface area contributed by atoms with Crippen molar-refractivity contribution in [1.82, 2.24) is 0 Å². The summed E-state index contributed by atoms with van der Waals surface area (Å²) in [6.07, 6.45) is -4.61. The molecule has 1 amide bonds. The van der Waals surface area contributed by atoms with Crippen molar-refractivity contribution in [2.75, 3.05) is 12.0 Å². The summed E-state index contributed by atoms with van der Waals surface area (Å²) in [5.41, 5.74) is -0.549. The highest BCUT2D eigenvalue weighted by Crippen LogP contribution is 2.44. The van der Waals surface area contributed by atoms with Crippen molar-refractivity contribution < 1.29 is 37.0 Å². The van der Waals surface area contributed by atoms with Crippen LogP contribution in [0.4, 0.5) is 23.2 Å². The molecular weight excluding hydrogens is 490 g/mol. The van der Waals surface area contributed by atoms with E-state index in [0.29, 0.717) is 5.75 Å². The molecule has 0 bridgehead atoms. The predicted molar refractivity (Wildman–Crippen MR) is 130 cm³/mol. The molecular formula is C28H23F4NO4. The van der Waals surface area contributed by atoms with E-state index < -0.39 is 41.0 Å². The molecule has 9 heteroatoms. The minimum atomic E-state index is -4.61. The van der Waals surface area contributed by atoms with Gasteiger partial charge in [-0.05, 0) is 60.0 Å². The zero-order valence-corrected chi connectivity index (χ0v) is 20.1. The maximum Gasteiger partial charge on any atom is 0.416 e. The molecule has 3 aromatic carbocycles. The molecule has 1 saturated heterocycles. The van der Waals surface area contributed by atoms with Gasteiger partial charge in [-0.1, -0.05) is 32.0 Å². The van der Waals surface area contributed by atoms with Crippen LogP contribution in [0.1, 0.15) is 48.1 Å². The van der Waals surface area contributed by atoms with Crippen molar-refractivity contribution in [3.63, 3.8) is 0 Å². The lowest BCUT2D eigenvalue weighted by atomic mass is 9.93. The van der Waals surface area contributed by atoms with E-state index >= 15 is 0 Å². The molecule has 1 aliphatic rings. The Kier molecular flexibility index (Phi) is 6.82. The van der Waals surface area contributed by atoms with Gasteiger partial charge < -0.3 is 9.84 Å². The summed E-state index contributed by atoms with van der Waals surface area (Å²) in [6.45, 7) is 3.81. The van der Waals surface area contributed by atoms with Crippen LogP contribution < -0.4 is 9.64 Å². The van der Waals surface area contributed by atoms with Gasteiger partial charge in [0.05, 0.1) is 24.3 Å². The van der Waals surface area contributed by atoms with Crippen molar-refractivity contribution >= 4 is 23.1 Å². The lowest BCUT2D eigenvalue weighted by molar-refractivity contribution is -0.137. The average Bonchev–Trinajstić information content (AvgIpc) is 3.13. The molecule has 3 aromatic rings. The van der Waals surface area contributed by atoms with Crippen LogP contribution in [0, 0.1) is 5.82 Å². The molecule has 37 heavy (non-hydrogen) atoms. The fraction of sp³-hybridized carbons (Fsp3) is 0.214. The number of carbonyl (C=O) groups excluding carboxylic acids is 2. The van der Waals surface area contributed by atoms with Gasteiger partial charge >= 0.3 is 6.18 Å². The highest BCUT2D eigenvalue weighted by atomic mass is 19.4. The Bertz CT molecular complexity index is 1390. The largest absolute Gasteiger partial charge is 0.507 e. The fourth-order valence-corrected chi connectivity index (χ4v) is 4.39. The SMILES string of the molecule is COc1ccc(/C(O)=C2\C(=O)C(=O)N(c3ccc(C(F)(F)F)cc3)C2c2ccccc2F)cc1C(C)C. The Morgan fingerprint density at radius 1 is 1.00 bits per heavy atom. The van der Waals surface area contributed by atoms with E-state index in [0.717, 1.165) is 40.8 Å². The third kappa shape index (κ3) is 4.69. The highest BCUT2D eigenvalue weighted by molar-refractivity contribution is 6.51. The fourth-order valence-electron chi connectivity index (χ4n) is 4.39. The number of amides is 1. The molecule has 0 radical (unpaired) electrons. The second-order valence-corrected chi connectivity index (χ2v) is 8.85. The molecule has 192 valence electrons. The lowest BCUT2D eigenvalue weighted by Gasteiger charge is -2.26. The molecule has 1 aliphatic heterocycles. The number of alkyl halides is 3. The molecule has 1 fully saturated rings. The molecule has 0 saturated carbocycles. The van der Waals surface area contributed by atoms with E-state index in [9.17, 15) is 32.3 Å². The maximum absolute atomic E-state index is 15.0. The number of carbonyl (C=O) groups is 2. The predicted octanol–water partition coefficient (Wildman–Crippen LogP) is 6.60. The Balaban J connectivity index is 1.94. The van der Waals surface area contributed by atoms with Crippen LogP contribution in [0.2, 0.25) is 0 Å². The van der Waals surface area contributed by atoms with Gasteiger partial charge in [0.15, 0.2) is 0 Å². The van der Waals surface area contributed by atoms with Gasteiger partial charge in [0.1, 0.15) is 17.3 Å². The summed E-state index contributed by atoms with van der Waals surface area (Å²) in [7, 11) is 1.49. The van der Waals surface area contributed by atoms with E-state index in [2.05, 4.69) is 0 Å². The lowest BCUT2D eigenvalue weighted by Crippen LogP contribution is -2.30. The number of hydrogen-bond acceptors (Lipinski definition) is 4. The number of rotatable bonds is 5. The number of halogens is 4. The third-order valence-corrected chi connectivity index (χ3v) is 6.24. The number of ether oxygens (including phenoxy) is 1. The summed E-state index contributed by atoms with van der Waals surface area (Å²) in [6, 6.07) is 12.3. The molecule has 1 N–H and O–H groups in total. The van der Waals surface area contributed by atoms with Crippen LogP contribution in [0.15, 0.2) is 72.3 Å². The van der Waals surface area contributed by atoms with Crippen LogP contribution in [-0.2, 0) is 15.8 Å². The number of Topliss-reactive ketones (excluding diaryl/α,β-unsaturated/α-hetero) is 1. The topological polar surface area (TPSA) is 66.8 Å². The zero-order valence-electron chi connectivity index (χ0n) is 20.1. The third-order valence-electron chi connectivity index (χ3n) is 6.24. The number of nitrogens with zero attached hydrogens (tertiary/aromatic N) is 1. The smallest absolute Gasteiger partial charge is 0.416 e. The first-order chi connectivity index (χ1) is 17.5. The number of benzene rings is 3. The number of anilines is 1. The second kappa shape index (κ2) is 9.72. The van der Waals surface area contributed by atoms with Crippen LogP contribution in [0.3, 0.4) is 0 Å². The number of methoxy groups -OCH3 is 1. The van der Waals surface area contributed by atoms with Crippen molar-refractivity contribution in [2.24, 2.45) is 0 Å². The van der Waals surface area contributed by atoms with Crippen molar-refractivity contribution in [2.45, 2.75) is 32.0 Å². The molecule has 0 aromatic heterocycles. The molecule has 1 atom stereocenters. The molecule has 1 heterocycles. The van der Waals surface area contributed by atoms with Gasteiger partial charge in [0.2, 0.25) is 0 Å². The minimum Gasteiger partial charge on any atom is -0.507 e. The van der Waals surface area contributed by atoms with E-state index in [1.54, 1.807) is 12.1 Å². The standard InChI is InChI=1S/C28H23F4NO4/c1-15(2)20-14-16(8-13-22(20)37-3)25(34)23-24(19-6-4-5-7-21(19)29)33(27(36)26(23)35)18-11-9-17(10-12-18)28(30,31)32/h4-15,24,34H,1-3H3/b25-23+. The quantitative estimate of drug-likeness (QED) is 0.181. The van der Waals surface area contributed by atoms with Crippen LogP contribution in [0.5, 0.6) is 5.75 Å². The van der Waals surface area contributed by atoms with Gasteiger partial charge in [0.25, 0.3) is 11.7 Å². The first-order valence-electron chi connectivity index (χ1n) is 11.4. The Labute approximate surface area is 210 Å². The zero-order chi connectivity index (χ0) is 27.1. The van der Waals surface area contributed by atoms with E-state index in [-0.39, 0.29) is 28.3 Å². The van der Waals surface area contributed by atoms with E-state index in [1.165, 1.54) is 31.4 Å². The Morgan fingerprint density at radius 3 is 2.22 bits per heavy atom. The highest BCUT2D eigenvalue weighted by Gasteiger charge is 2.48. The summed E-state index contributed by atoms with van der Waals surface area (Å²) in [4.78, 5) is 27.3. The maximum atomic E-state index is 15.0. The summed E-state index contributed by atoms with van der Waals surface area (Å²) >= 11 is 0. The van der Waals surface area contributed by atoms with Crippen molar-refractivity contribution in [3.8, 4) is 5.75 Å². The molecule has 0 spiro atoms. The van der Waals surface area contributed by atoms with Gasteiger partial charge in [-0.2, -0.15) is 13.2 Å². The first kappa shape index (κ1) is 25.9.